The number of nitrogens with one attached hydrogen (secondary N) is 2. The molecule has 27 heavy (non-hydrogen) atoms. The average molecular weight is 363 g/mol. The summed E-state index contributed by atoms with van der Waals surface area (Å²) >= 11 is 0. The lowest BCUT2D eigenvalue weighted by Crippen LogP contribution is -2.34. The maximum atomic E-state index is 11.6. The van der Waals surface area contributed by atoms with Gasteiger partial charge in [0.1, 0.15) is 12.4 Å². The molecule has 136 valence electrons. The van der Waals surface area contributed by atoms with Gasteiger partial charge in [-0.1, -0.05) is 0 Å². The number of carbonyl (C=O) groups is 1. The Hall–Kier alpha value is -3.52. The molecule has 0 spiro atoms. The number of carbonyl (C=O) groups excluding carboxylic acids is 1. The summed E-state index contributed by atoms with van der Waals surface area (Å²) in [6.07, 6.45) is 5.80. The van der Waals surface area contributed by atoms with Gasteiger partial charge in [0.2, 0.25) is 5.95 Å². The summed E-state index contributed by atoms with van der Waals surface area (Å²) in [5.41, 5.74) is 4.58. The van der Waals surface area contributed by atoms with Crippen molar-refractivity contribution < 1.29 is 14.7 Å². The highest BCUT2D eigenvalue weighted by molar-refractivity contribution is 5.93. The minimum atomic E-state index is -0.555. The number of nitrogens with zero attached hydrogens (tertiary/aromatic N) is 3. The maximum absolute atomic E-state index is 11.6. The smallest absolute Gasteiger partial charge is 0.274 e. The van der Waals surface area contributed by atoms with Crippen molar-refractivity contribution in [2.45, 2.75) is 12.5 Å². The first kappa shape index (κ1) is 16.9. The number of ether oxygens (including phenoxy) is 1. The van der Waals surface area contributed by atoms with Crippen LogP contribution in [0.5, 0.6) is 5.75 Å². The highest BCUT2D eigenvalue weighted by Crippen LogP contribution is 2.27. The fourth-order valence-corrected chi connectivity index (χ4v) is 2.98. The fraction of sp³-hybridized carbons (Fsp3) is 0.158. The molecule has 0 bridgehead atoms. The van der Waals surface area contributed by atoms with Crippen LogP contribution in [0.3, 0.4) is 0 Å². The van der Waals surface area contributed by atoms with Crippen LogP contribution in [0.4, 0.5) is 5.95 Å². The van der Waals surface area contributed by atoms with Gasteiger partial charge in [0.25, 0.3) is 5.91 Å². The number of hydrogen-bond acceptors (Lipinski definition) is 7. The second kappa shape index (κ2) is 7.38. The third-order valence-corrected chi connectivity index (χ3v) is 4.28. The van der Waals surface area contributed by atoms with Crippen molar-refractivity contribution in [3.05, 3.63) is 66.1 Å². The number of pyridine rings is 1. The largest absolute Gasteiger partial charge is 0.491 e. The average Bonchev–Trinajstić information content (AvgIpc) is 2.73. The van der Waals surface area contributed by atoms with Crippen LogP contribution in [0.25, 0.3) is 11.3 Å². The topological polar surface area (TPSA) is 109 Å². The Morgan fingerprint density at radius 3 is 2.96 bits per heavy atom. The van der Waals surface area contributed by atoms with Gasteiger partial charge in [-0.25, -0.2) is 15.4 Å². The van der Waals surface area contributed by atoms with E-state index in [0.29, 0.717) is 24.5 Å². The molecule has 0 radical (unpaired) electrons. The van der Waals surface area contributed by atoms with Crippen LogP contribution in [-0.2, 0) is 6.42 Å². The van der Waals surface area contributed by atoms with Crippen molar-refractivity contribution in [3.8, 4) is 17.0 Å². The zero-order chi connectivity index (χ0) is 18.6. The molecule has 0 aliphatic carbocycles. The van der Waals surface area contributed by atoms with Gasteiger partial charge >= 0.3 is 0 Å². The van der Waals surface area contributed by atoms with E-state index in [-0.39, 0.29) is 6.04 Å². The molecule has 0 saturated heterocycles. The van der Waals surface area contributed by atoms with Crippen molar-refractivity contribution in [1.29, 1.82) is 0 Å². The van der Waals surface area contributed by atoms with E-state index in [4.69, 9.17) is 9.94 Å². The minimum Gasteiger partial charge on any atom is -0.491 e. The van der Waals surface area contributed by atoms with E-state index in [1.165, 1.54) is 0 Å². The van der Waals surface area contributed by atoms with Gasteiger partial charge in [-0.05, 0) is 48.4 Å². The Labute approximate surface area is 155 Å². The van der Waals surface area contributed by atoms with Gasteiger partial charge < -0.3 is 10.1 Å². The third kappa shape index (κ3) is 3.70. The van der Waals surface area contributed by atoms with E-state index in [1.54, 1.807) is 42.3 Å². The standard InChI is InChI=1S/C19H17N5O3/c25-18(24-26)12-3-4-17-14(8-12)9-15(11-27-17)22-19-21-7-5-16(23-19)13-2-1-6-20-10-13/h1-8,10,15,26H,9,11H2,(H,24,25)(H,21,22,23). The summed E-state index contributed by atoms with van der Waals surface area (Å²) in [4.78, 5) is 24.5. The lowest BCUT2D eigenvalue weighted by molar-refractivity contribution is 0.0706. The van der Waals surface area contributed by atoms with Crippen LogP contribution >= 0.6 is 0 Å². The molecule has 3 aromatic rings. The van der Waals surface area contributed by atoms with Gasteiger partial charge in [0.05, 0.1) is 11.7 Å². The zero-order valence-corrected chi connectivity index (χ0v) is 14.3. The molecule has 1 aliphatic rings. The molecular formula is C19H17N5O3. The normalized spacial score (nSPS) is 15.4. The molecule has 3 heterocycles. The molecule has 8 nitrogen and oxygen atoms in total. The summed E-state index contributed by atoms with van der Waals surface area (Å²) in [6, 6.07) is 10.6. The van der Waals surface area contributed by atoms with Gasteiger partial charge in [0.15, 0.2) is 0 Å². The maximum Gasteiger partial charge on any atom is 0.274 e. The SMILES string of the molecule is O=C(NO)c1ccc2c(c1)CC(Nc1nccc(-c3cccnc3)n1)CO2. The first-order valence-corrected chi connectivity index (χ1v) is 8.43. The van der Waals surface area contributed by atoms with E-state index < -0.39 is 5.91 Å². The van der Waals surface area contributed by atoms with E-state index >= 15 is 0 Å². The Bertz CT molecular complexity index is 965. The number of hydroxylamine groups is 1. The summed E-state index contributed by atoms with van der Waals surface area (Å²) in [6.45, 7) is 0.457. The predicted molar refractivity (Wildman–Crippen MR) is 97.6 cm³/mol. The van der Waals surface area contributed by atoms with Crippen molar-refractivity contribution >= 4 is 11.9 Å². The number of hydrogen-bond donors (Lipinski definition) is 3. The van der Waals surface area contributed by atoms with E-state index in [1.807, 2.05) is 18.2 Å². The molecule has 3 N–H and O–H groups in total. The fourth-order valence-electron chi connectivity index (χ4n) is 2.98. The van der Waals surface area contributed by atoms with Crippen LogP contribution < -0.4 is 15.5 Å². The predicted octanol–water partition coefficient (Wildman–Crippen LogP) is 2.07. The van der Waals surface area contributed by atoms with Crippen molar-refractivity contribution in [3.63, 3.8) is 0 Å². The highest BCUT2D eigenvalue weighted by atomic mass is 16.5. The molecule has 1 atom stereocenters. The first-order chi connectivity index (χ1) is 13.2. The van der Waals surface area contributed by atoms with Crippen molar-refractivity contribution in [2.75, 3.05) is 11.9 Å². The molecule has 2 aromatic heterocycles. The number of aromatic nitrogens is 3. The molecular weight excluding hydrogens is 346 g/mol. The van der Waals surface area contributed by atoms with E-state index in [0.717, 1.165) is 22.6 Å². The third-order valence-electron chi connectivity index (χ3n) is 4.28. The van der Waals surface area contributed by atoms with Gasteiger partial charge in [-0.15, -0.1) is 0 Å². The second-order valence-electron chi connectivity index (χ2n) is 6.13. The lowest BCUT2D eigenvalue weighted by atomic mass is 10.00. The number of anilines is 1. The molecule has 4 rings (SSSR count). The van der Waals surface area contributed by atoms with Crippen molar-refractivity contribution in [2.24, 2.45) is 0 Å². The van der Waals surface area contributed by atoms with Gasteiger partial charge in [-0.3, -0.25) is 15.0 Å². The monoisotopic (exact) mass is 363 g/mol. The van der Waals surface area contributed by atoms with Crippen molar-refractivity contribution in [1.82, 2.24) is 20.4 Å². The van der Waals surface area contributed by atoms with Crippen LogP contribution in [0, 0.1) is 0 Å². The summed E-state index contributed by atoms with van der Waals surface area (Å²) in [7, 11) is 0. The summed E-state index contributed by atoms with van der Waals surface area (Å²) in [5, 5.41) is 12.1. The molecule has 1 aliphatic heterocycles. The van der Waals surface area contributed by atoms with Gasteiger partial charge in [0, 0.05) is 29.7 Å². The quantitative estimate of drug-likeness (QED) is 0.481. The number of fused-ring (bicyclic) bond motifs is 1. The summed E-state index contributed by atoms with van der Waals surface area (Å²) < 4.78 is 5.77. The van der Waals surface area contributed by atoms with E-state index in [9.17, 15) is 4.79 Å². The minimum absolute atomic E-state index is 0.0471. The van der Waals surface area contributed by atoms with Crippen LogP contribution in [0.1, 0.15) is 15.9 Å². The number of amides is 1. The Kier molecular flexibility index (Phi) is 4.63. The first-order valence-electron chi connectivity index (χ1n) is 8.43. The zero-order valence-electron chi connectivity index (χ0n) is 14.3. The number of benzene rings is 1. The molecule has 1 aromatic carbocycles. The molecule has 0 fully saturated rings. The van der Waals surface area contributed by atoms with E-state index in [2.05, 4.69) is 20.3 Å². The Morgan fingerprint density at radius 1 is 1.22 bits per heavy atom. The Morgan fingerprint density at radius 2 is 2.15 bits per heavy atom. The molecule has 1 unspecified atom stereocenters. The van der Waals surface area contributed by atoms with Crippen LogP contribution in [-0.4, -0.2) is 38.7 Å². The summed E-state index contributed by atoms with van der Waals surface area (Å²) in [5.74, 6) is 0.672. The van der Waals surface area contributed by atoms with Crippen LogP contribution in [0.2, 0.25) is 0 Å². The highest BCUT2D eigenvalue weighted by Gasteiger charge is 2.22. The molecule has 1 amide bonds. The second-order valence-corrected chi connectivity index (χ2v) is 6.13. The lowest BCUT2D eigenvalue weighted by Gasteiger charge is -2.26. The Balaban J connectivity index is 1.51. The molecule has 8 heteroatoms. The molecule has 0 saturated carbocycles. The van der Waals surface area contributed by atoms with Crippen LogP contribution in [0.15, 0.2) is 55.0 Å². The number of rotatable bonds is 4. The van der Waals surface area contributed by atoms with Gasteiger partial charge in [-0.2, -0.15) is 0 Å².